The molecule has 0 aliphatic heterocycles. The smallest absolute Gasteiger partial charge is 0.243 e. The molecule has 1 amide bonds. The molecule has 0 bridgehead atoms. The van der Waals surface area contributed by atoms with Gasteiger partial charge in [-0.1, -0.05) is 77.8 Å². The SMILES string of the molecule is CN(Cc1ccccc1)C(=O)CN(Cc1ccc(Cl)c(Cl)c1)S(=O)(=O)c1ccccc1. The summed E-state index contributed by atoms with van der Waals surface area (Å²) in [5.74, 6) is -0.316. The molecule has 31 heavy (non-hydrogen) atoms. The van der Waals surface area contributed by atoms with E-state index >= 15 is 0 Å². The summed E-state index contributed by atoms with van der Waals surface area (Å²) in [5, 5.41) is 0.699. The summed E-state index contributed by atoms with van der Waals surface area (Å²) in [7, 11) is -2.26. The molecule has 0 heterocycles. The maximum Gasteiger partial charge on any atom is 0.243 e. The quantitative estimate of drug-likeness (QED) is 0.467. The second-order valence-corrected chi connectivity index (χ2v) is 9.82. The molecule has 0 aliphatic rings. The van der Waals surface area contributed by atoms with Crippen molar-refractivity contribution in [1.29, 1.82) is 0 Å². The lowest BCUT2D eigenvalue weighted by atomic mass is 10.2. The van der Waals surface area contributed by atoms with E-state index in [-0.39, 0.29) is 23.9 Å². The first-order valence-corrected chi connectivity index (χ1v) is 11.7. The van der Waals surface area contributed by atoms with Crippen LogP contribution >= 0.6 is 23.2 Å². The average molecular weight is 477 g/mol. The van der Waals surface area contributed by atoms with Crippen LogP contribution in [0.4, 0.5) is 0 Å². The van der Waals surface area contributed by atoms with Crippen molar-refractivity contribution >= 4 is 39.1 Å². The van der Waals surface area contributed by atoms with E-state index in [4.69, 9.17) is 23.2 Å². The van der Waals surface area contributed by atoms with Crippen LogP contribution in [0.15, 0.2) is 83.8 Å². The molecule has 162 valence electrons. The number of rotatable bonds is 8. The molecule has 3 aromatic carbocycles. The molecule has 0 saturated heterocycles. The molecule has 3 aromatic rings. The minimum absolute atomic E-state index is 0.0148. The third-order valence-corrected chi connectivity index (χ3v) is 7.27. The van der Waals surface area contributed by atoms with Gasteiger partial charge in [0.25, 0.3) is 0 Å². The van der Waals surface area contributed by atoms with E-state index in [9.17, 15) is 13.2 Å². The largest absolute Gasteiger partial charge is 0.340 e. The number of carbonyl (C=O) groups excluding carboxylic acids is 1. The van der Waals surface area contributed by atoms with Crippen molar-refractivity contribution in [3.05, 3.63) is 100 Å². The lowest BCUT2D eigenvalue weighted by molar-refractivity contribution is -0.130. The van der Waals surface area contributed by atoms with Gasteiger partial charge >= 0.3 is 0 Å². The molecule has 0 N–H and O–H groups in total. The number of nitrogens with zero attached hydrogens (tertiary/aromatic N) is 2. The van der Waals surface area contributed by atoms with E-state index in [1.54, 1.807) is 43.4 Å². The highest BCUT2D eigenvalue weighted by atomic mass is 35.5. The Morgan fingerprint density at radius 3 is 2.03 bits per heavy atom. The highest BCUT2D eigenvalue weighted by Crippen LogP contribution is 2.25. The van der Waals surface area contributed by atoms with Gasteiger partial charge in [-0.2, -0.15) is 4.31 Å². The lowest BCUT2D eigenvalue weighted by Gasteiger charge is -2.25. The van der Waals surface area contributed by atoms with Gasteiger partial charge in [-0.15, -0.1) is 0 Å². The van der Waals surface area contributed by atoms with Gasteiger partial charge in [0.1, 0.15) is 0 Å². The minimum Gasteiger partial charge on any atom is -0.340 e. The standard InChI is InChI=1S/C23H22Cl2N2O3S/c1-26(15-18-8-4-2-5-9-18)23(28)17-27(16-19-12-13-21(24)22(25)14-19)31(29,30)20-10-6-3-7-11-20/h2-14H,15-17H2,1H3. The van der Waals surface area contributed by atoms with Crippen molar-refractivity contribution in [2.45, 2.75) is 18.0 Å². The van der Waals surface area contributed by atoms with Gasteiger partial charge in [0.15, 0.2) is 0 Å². The summed E-state index contributed by atoms with van der Waals surface area (Å²) in [6, 6.07) is 22.5. The molecule has 0 radical (unpaired) electrons. The number of carbonyl (C=O) groups is 1. The zero-order valence-corrected chi connectivity index (χ0v) is 19.2. The lowest BCUT2D eigenvalue weighted by Crippen LogP contribution is -2.40. The van der Waals surface area contributed by atoms with Gasteiger partial charge in [0, 0.05) is 20.1 Å². The monoisotopic (exact) mass is 476 g/mol. The molecule has 8 heteroatoms. The third-order valence-electron chi connectivity index (χ3n) is 4.72. The molecule has 0 atom stereocenters. The molecule has 0 aromatic heterocycles. The van der Waals surface area contributed by atoms with Crippen molar-refractivity contribution in [2.75, 3.05) is 13.6 Å². The summed E-state index contributed by atoms with van der Waals surface area (Å²) >= 11 is 12.1. The molecule has 5 nitrogen and oxygen atoms in total. The van der Waals surface area contributed by atoms with Crippen LogP contribution in [0.1, 0.15) is 11.1 Å². The van der Waals surface area contributed by atoms with Gasteiger partial charge < -0.3 is 4.90 Å². The van der Waals surface area contributed by atoms with Gasteiger partial charge in [-0.25, -0.2) is 8.42 Å². The number of amides is 1. The second kappa shape index (κ2) is 10.3. The summed E-state index contributed by atoms with van der Waals surface area (Å²) in [6.45, 7) is 0.0610. The zero-order chi connectivity index (χ0) is 22.4. The first-order chi connectivity index (χ1) is 14.8. The summed E-state index contributed by atoms with van der Waals surface area (Å²) < 4.78 is 27.8. The fraction of sp³-hybridized carbons (Fsp3) is 0.174. The number of sulfonamides is 1. The van der Waals surface area contributed by atoms with Crippen LogP contribution in [0.5, 0.6) is 0 Å². The Morgan fingerprint density at radius 2 is 1.42 bits per heavy atom. The number of hydrogen-bond acceptors (Lipinski definition) is 3. The fourth-order valence-corrected chi connectivity index (χ4v) is 4.75. The predicted molar refractivity (Wildman–Crippen MR) is 123 cm³/mol. The van der Waals surface area contributed by atoms with Crippen molar-refractivity contribution in [3.63, 3.8) is 0 Å². The number of benzene rings is 3. The molecular weight excluding hydrogens is 455 g/mol. The Bertz CT molecular complexity index is 1140. The van der Waals surface area contributed by atoms with Crippen LogP contribution in [0.25, 0.3) is 0 Å². The number of hydrogen-bond donors (Lipinski definition) is 0. The average Bonchev–Trinajstić information content (AvgIpc) is 2.77. The first kappa shape index (κ1) is 23.3. The second-order valence-electron chi connectivity index (χ2n) is 7.07. The van der Waals surface area contributed by atoms with Crippen molar-refractivity contribution < 1.29 is 13.2 Å². The van der Waals surface area contributed by atoms with Crippen molar-refractivity contribution in [2.24, 2.45) is 0 Å². The van der Waals surface area contributed by atoms with E-state index in [1.165, 1.54) is 17.0 Å². The van der Waals surface area contributed by atoms with Crippen LogP contribution in [-0.4, -0.2) is 37.1 Å². The number of halogens is 2. The highest BCUT2D eigenvalue weighted by molar-refractivity contribution is 7.89. The van der Waals surface area contributed by atoms with Gasteiger partial charge in [-0.05, 0) is 35.4 Å². The molecule has 3 rings (SSSR count). The number of likely N-dealkylation sites (N-methyl/N-ethyl adjacent to an activating group) is 1. The molecular formula is C23H22Cl2N2O3S. The summed E-state index contributed by atoms with van der Waals surface area (Å²) in [5.41, 5.74) is 1.59. The summed E-state index contributed by atoms with van der Waals surface area (Å²) in [6.07, 6.45) is 0. The molecule has 0 aliphatic carbocycles. The molecule has 0 unspecified atom stereocenters. The van der Waals surface area contributed by atoms with Crippen molar-refractivity contribution in [1.82, 2.24) is 9.21 Å². The topological polar surface area (TPSA) is 57.7 Å². The van der Waals surface area contributed by atoms with Gasteiger partial charge in [0.05, 0.1) is 21.5 Å². The Morgan fingerprint density at radius 1 is 0.806 bits per heavy atom. The van der Waals surface area contributed by atoms with Crippen LogP contribution in [0.2, 0.25) is 10.0 Å². The van der Waals surface area contributed by atoms with E-state index in [2.05, 4.69) is 0 Å². The normalized spacial score (nSPS) is 11.5. The van der Waals surface area contributed by atoms with E-state index in [1.807, 2.05) is 30.3 Å². The van der Waals surface area contributed by atoms with E-state index < -0.39 is 10.0 Å². The fourth-order valence-electron chi connectivity index (χ4n) is 3.03. The zero-order valence-electron chi connectivity index (χ0n) is 16.9. The Kier molecular flexibility index (Phi) is 7.73. The first-order valence-electron chi connectivity index (χ1n) is 9.54. The molecule has 0 fully saturated rings. The van der Waals surface area contributed by atoms with Crippen LogP contribution < -0.4 is 0 Å². The van der Waals surface area contributed by atoms with E-state index in [0.29, 0.717) is 22.2 Å². The van der Waals surface area contributed by atoms with Crippen LogP contribution in [0, 0.1) is 0 Å². The Hall–Kier alpha value is -2.38. The van der Waals surface area contributed by atoms with Gasteiger partial charge in [0.2, 0.25) is 15.9 Å². The Balaban J connectivity index is 1.86. The maximum atomic E-state index is 13.3. The van der Waals surface area contributed by atoms with Crippen LogP contribution in [-0.2, 0) is 27.9 Å². The Labute approximate surface area is 192 Å². The summed E-state index contributed by atoms with van der Waals surface area (Å²) in [4.78, 5) is 14.6. The highest BCUT2D eigenvalue weighted by Gasteiger charge is 2.28. The van der Waals surface area contributed by atoms with Gasteiger partial charge in [-0.3, -0.25) is 4.79 Å². The minimum atomic E-state index is -3.91. The molecule has 0 saturated carbocycles. The van der Waals surface area contributed by atoms with E-state index in [0.717, 1.165) is 9.87 Å². The molecule has 0 spiro atoms. The maximum absolute atomic E-state index is 13.3. The third kappa shape index (κ3) is 6.08. The predicted octanol–water partition coefficient (Wildman–Crippen LogP) is 4.84. The van der Waals surface area contributed by atoms with Crippen molar-refractivity contribution in [3.8, 4) is 0 Å². The van der Waals surface area contributed by atoms with Crippen LogP contribution in [0.3, 0.4) is 0 Å².